The molecule has 0 atom stereocenters. The Kier molecular flexibility index (Phi) is 5.62. The Balaban J connectivity index is 1.76. The van der Waals surface area contributed by atoms with Crippen molar-refractivity contribution in [1.82, 2.24) is 15.3 Å². The predicted molar refractivity (Wildman–Crippen MR) is 108 cm³/mol. The number of ether oxygens (including phenoxy) is 2. The molecule has 0 aliphatic carbocycles. The molecule has 0 radical (unpaired) electrons. The molecule has 27 heavy (non-hydrogen) atoms. The van der Waals surface area contributed by atoms with Gasteiger partial charge in [0.25, 0.3) is 0 Å². The van der Waals surface area contributed by atoms with E-state index in [0.717, 1.165) is 66.6 Å². The van der Waals surface area contributed by atoms with Crippen molar-refractivity contribution in [1.29, 1.82) is 0 Å². The summed E-state index contributed by atoms with van der Waals surface area (Å²) >= 11 is 0. The standard InChI is InChI=1S/C21H30N4O2/c1-26-18-13-16-17(14-19(18)27-2)23-20(12-15-6-8-22-9-7-15)24-21(16)25-10-4-3-5-11-25/h13-15,22H,3-12H2,1-2H3. The molecule has 3 heterocycles. The number of hydrogen-bond acceptors (Lipinski definition) is 6. The van der Waals surface area contributed by atoms with Crippen LogP contribution in [0.2, 0.25) is 0 Å². The molecule has 6 nitrogen and oxygen atoms in total. The van der Waals surface area contributed by atoms with Gasteiger partial charge in [-0.25, -0.2) is 9.97 Å². The van der Waals surface area contributed by atoms with Crippen LogP contribution in [-0.2, 0) is 6.42 Å². The van der Waals surface area contributed by atoms with Crippen LogP contribution < -0.4 is 19.7 Å². The van der Waals surface area contributed by atoms with Crippen LogP contribution in [0.5, 0.6) is 11.5 Å². The molecular formula is C21H30N4O2. The van der Waals surface area contributed by atoms with Crippen LogP contribution in [0.3, 0.4) is 0 Å². The summed E-state index contributed by atoms with van der Waals surface area (Å²) in [5.74, 6) is 4.14. The van der Waals surface area contributed by atoms with Gasteiger partial charge in [-0.1, -0.05) is 0 Å². The summed E-state index contributed by atoms with van der Waals surface area (Å²) in [6.07, 6.45) is 7.11. The summed E-state index contributed by atoms with van der Waals surface area (Å²) in [6.45, 7) is 4.32. The minimum atomic E-state index is 0.665. The molecule has 0 spiro atoms. The van der Waals surface area contributed by atoms with E-state index in [1.54, 1.807) is 14.2 Å². The molecule has 1 aromatic carbocycles. The van der Waals surface area contributed by atoms with Gasteiger partial charge < -0.3 is 19.7 Å². The molecule has 146 valence electrons. The first-order valence-electron chi connectivity index (χ1n) is 10.2. The van der Waals surface area contributed by atoms with Crippen molar-refractivity contribution < 1.29 is 9.47 Å². The first kappa shape index (κ1) is 18.3. The van der Waals surface area contributed by atoms with E-state index in [4.69, 9.17) is 19.4 Å². The number of fused-ring (bicyclic) bond motifs is 1. The minimum Gasteiger partial charge on any atom is -0.493 e. The number of aromatic nitrogens is 2. The zero-order valence-corrected chi connectivity index (χ0v) is 16.5. The fourth-order valence-electron chi connectivity index (χ4n) is 4.27. The fraction of sp³-hybridized carbons (Fsp3) is 0.619. The quantitative estimate of drug-likeness (QED) is 0.872. The largest absolute Gasteiger partial charge is 0.493 e. The highest BCUT2D eigenvalue weighted by Crippen LogP contribution is 2.36. The predicted octanol–water partition coefficient (Wildman–Crippen LogP) is 3.18. The van der Waals surface area contributed by atoms with Crippen molar-refractivity contribution in [3.8, 4) is 11.5 Å². The normalized spacial score (nSPS) is 18.7. The van der Waals surface area contributed by atoms with Crippen LogP contribution in [0.4, 0.5) is 5.82 Å². The molecule has 2 aromatic rings. The molecule has 0 unspecified atom stereocenters. The lowest BCUT2D eigenvalue weighted by molar-refractivity contribution is 0.355. The Labute approximate surface area is 161 Å². The van der Waals surface area contributed by atoms with Gasteiger partial charge in [-0.05, 0) is 57.2 Å². The van der Waals surface area contributed by atoms with Gasteiger partial charge in [-0.2, -0.15) is 0 Å². The van der Waals surface area contributed by atoms with E-state index in [-0.39, 0.29) is 0 Å². The molecule has 6 heteroatoms. The number of benzene rings is 1. The van der Waals surface area contributed by atoms with Crippen molar-refractivity contribution >= 4 is 16.7 Å². The van der Waals surface area contributed by atoms with E-state index in [0.29, 0.717) is 5.92 Å². The van der Waals surface area contributed by atoms with Crippen LogP contribution in [-0.4, -0.2) is 50.4 Å². The molecule has 2 aliphatic rings. The highest BCUT2D eigenvalue weighted by molar-refractivity contribution is 5.92. The summed E-state index contributed by atoms with van der Waals surface area (Å²) in [4.78, 5) is 12.4. The second-order valence-electron chi connectivity index (χ2n) is 7.63. The molecular weight excluding hydrogens is 340 g/mol. The van der Waals surface area contributed by atoms with Crippen LogP contribution >= 0.6 is 0 Å². The summed E-state index contributed by atoms with van der Waals surface area (Å²) in [7, 11) is 3.35. The lowest BCUT2D eigenvalue weighted by atomic mass is 9.94. The number of nitrogens with one attached hydrogen (secondary N) is 1. The molecule has 0 saturated carbocycles. The van der Waals surface area contributed by atoms with E-state index in [1.165, 1.54) is 32.1 Å². The summed E-state index contributed by atoms with van der Waals surface area (Å²) < 4.78 is 11.0. The van der Waals surface area contributed by atoms with Gasteiger partial charge in [0.05, 0.1) is 19.7 Å². The fourth-order valence-corrected chi connectivity index (χ4v) is 4.27. The van der Waals surface area contributed by atoms with Crippen LogP contribution in [0.15, 0.2) is 12.1 Å². The van der Waals surface area contributed by atoms with Crippen molar-refractivity contribution in [3.63, 3.8) is 0 Å². The van der Waals surface area contributed by atoms with E-state index in [2.05, 4.69) is 10.2 Å². The highest BCUT2D eigenvalue weighted by Gasteiger charge is 2.21. The van der Waals surface area contributed by atoms with Gasteiger partial charge in [0.2, 0.25) is 0 Å². The van der Waals surface area contributed by atoms with Gasteiger partial charge in [0.15, 0.2) is 11.5 Å². The lowest BCUT2D eigenvalue weighted by Gasteiger charge is -2.29. The maximum atomic E-state index is 5.53. The van der Waals surface area contributed by atoms with Gasteiger partial charge in [0, 0.05) is 31.0 Å². The second-order valence-corrected chi connectivity index (χ2v) is 7.63. The van der Waals surface area contributed by atoms with Crippen molar-refractivity contribution in [2.24, 2.45) is 5.92 Å². The van der Waals surface area contributed by atoms with Crippen molar-refractivity contribution in [3.05, 3.63) is 18.0 Å². The summed E-state index contributed by atoms with van der Waals surface area (Å²) in [5.41, 5.74) is 0.951. The Morgan fingerprint density at radius 3 is 2.41 bits per heavy atom. The highest BCUT2D eigenvalue weighted by atomic mass is 16.5. The minimum absolute atomic E-state index is 0.665. The van der Waals surface area contributed by atoms with E-state index >= 15 is 0 Å². The summed E-state index contributed by atoms with van der Waals surface area (Å²) in [5, 5.41) is 4.50. The molecule has 2 fully saturated rings. The van der Waals surface area contributed by atoms with Crippen LogP contribution in [0.25, 0.3) is 10.9 Å². The molecule has 4 rings (SSSR count). The Hall–Kier alpha value is -2.08. The molecule has 0 amide bonds. The third-order valence-electron chi connectivity index (χ3n) is 5.81. The molecule has 1 N–H and O–H groups in total. The van der Waals surface area contributed by atoms with Gasteiger partial charge >= 0.3 is 0 Å². The number of hydrogen-bond donors (Lipinski definition) is 1. The Morgan fingerprint density at radius 2 is 1.70 bits per heavy atom. The zero-order chi connectivity index (χ0) is 18.6. The smallest absolute Gasteiger partial charge is 0.162 e. The van der Waals surface area contributed by atoms with Gasteiger partial charge in [-0.3, -0.25) is 0 Å². The van der Waals surface area contributed by atoms with E-state index in [9.17, 15) is 0 Å². The SMILES string of the molecule is COc1cc2nc(CC3CCNCC3)nc(N3CCCCC3)c2cc1OC. The summed E-state index contributed by atoms with van der Waals surface area (Å²) in [6, 6.07) is 4.03. The second kappa shape index (κ2) is 8.30. The average molecular weight is 370 g/mol. The first-order valence-corrected chi connectivity index (χ1v) is 10.2. The number of nitrogens with zero attached hydrogens (tertiary/aromatic N) is 3. The lowest BCUT2D eigenvalue weighted by Crippen LogP contribution is -2.31. The van der Waals surface area contributed by atoms with Crippen LogP contribution in [0, 0.1) is 5.92 Å². The monoisotopic (exact) mass is 370 g/mol. The average Bonchev–Trinajstić information content (AvgIpc) is 2.73. The third-order valence-corrected chi connectivity index (χ3v) is 5.81. The van der Waals surface area contributed by atoms with Crippen molar-refractivity contribution in [2.75, 3.05) is 45.3 Å². The molecule has 2 saturated heterocycles. The molecule has 0 bridgehead atoms. The third kappa shape index (κ3) is 3.95. The Morgan fingerprint density at radius 1 is 1.00 bits per heavy atom. The number of methoxy groups -OCH3 is 2. The number of piperidine rings is 2. The van der Waals surface area contributed by atoms with Crippen LogP contribution in [0.1, 0.15) is 37.9 Å². The number of anilines is 1. The van der Waals surface area contributed by atoms with Gasteiger partial charge in [0.1, 0.15) is 11.6 Å². The van der Waals surface area contributed by atoms with Crippen molar-refractivity contribution in [2.45, 2.75) is 38.5 Å². The van der Waals surface area contributed by atoms with E-state index in [1.807, 2.05) is 12.1 Å². The number of rotatable bonds is 5. The zero-order valence-electron chi connectivity index (χ0n) is 16.5. The van der Waals surface area contributed by atoms with Gasteiger partial charge in [-0.15, -0.1) is 0 Å². The maximum absolute atomic E-state index is 5.53. The first-order chi connectivity index (χ1) is 13.3. The molecule has 1 aromatic heterocycles. The molecule has 2 aliphatic heterocycles. The maximum Gasteiger partial charge on any atom is 0.162 e. The Bertz CT molecular complexity index is 783. The van der Waals surface area contributed by atoms with E-state index < -0.39 is 0 Å². The topological polar surface area (TPSA) is 59.5 Å².